The lowest BCUT2D eigenvalue weighted by Gasteiger charge is -2.24. The number of hydrogen-bond donors (Lipinski definition) is 2. The quantitative estimate of drug-likeness (QED) is 0.735. The van der Waals surface area contributed by atoms with Crippen LogP contribution >= 0.6 is 0 Å². The molecule has 0 spiro atoms. The second-order valence-corrected chi connectivity index (χ2v) is 6.66. The van der Waals surface area contributed by atoms with Gasteiger partial charge in [-0.25, -0.2) is 13.1 Å². The van der Waals surface area contributed by atoms with E-state index in [9.17, 15) is 8.42 Å². The van der Waals surface area contributed by atoms with Gasteiger partial charge in [-0.2, -0.15) is 0 Å². The average molecular weight is 273 g/mol. The summed E-state index contributed by atoms with van der Waals surface area (Å²) in [5.41, 5.74) is 2.36. The number of aliphatic hydroxyl groups is 1. The van der Waals surface area contributed by atoms with Crippen LogP contribution in [-0.4, -0.2) is 55.8 Å². The van der Waals surface area contributed by atoms with Crippen LogP contribution in [-0.2, 0) is 10.0 Å². The van der Waals surface area contributed by atoms with Gasteiger partial charge in [-0.15, -0.1) is 0 Å². The van der Waals surface area contributed by atoms with Crippen molar-refractivity contribution in [3.63, 3.8) is 0 Å². The van der Waals surface area contributed by atoms with Gasteiger partial charge in [-0.3, -0.25) is 4.99 Å². The van der Waals surface area contributed by atoms with E-state index in [0.29, 0.717) is 13.0 Å². The summed E-state index contributed by atoms with van der Waals surface area (Å²) in [7, 11) is -3.38. The number of fused-ring (bicyclic) bond motifs is 1. The van der Waals surface area contributed by atoms with Gasteiger partial charge in [0.25, 0.3) is 0 Å². The summed E-state index contributed by atoms with van der Waals surface area (Å²) < 4.78 is 25.8. The maximum absolute atomic E-state index is 11.6. The average Bonchev–Trinajstić information content (AvgIpc) is 2.66. The molecule has 0 saturated carbocycles. The first-order valence-corrected chi connectivity index (χ1v) is 7.68. The Morgan fingerprint density at radius 3 is 3.00 bits per heavy atom. The smallest absolute Gasteiger partial charge is 0.214 e. The number of hydrogen-bond acceptors (Lipinski definition) is 5. The summed E-state index contributed by atoms with van der Waals surface area (Å²) in [6, 6.07) is 0.0345. The van der Waals surface area contributed by atoms with Crippen LogP contribution in [0.25, 0.3) is 0 Å². The van der Waals surface area contributed by atoms with Gasteiger partial charge in [0, 0.05) is 24.7 Å². The van der Waals surface area contributed by atoms with Gasteiger partial charge >= 0.3 is 0 Å². The summed E-state index contributed by atoms with van der Waals surface area (Å²) in [5, 5.41) is 8.70. The third-order valence-electron chi connectivity index (χ3n) is 3.42. The van der Waals surface area contributed by atoms with E-state index in [0.717, 1.165) is 5.70 Å². The van der Waals surface area contributed by atoms with Crippen molar-refractivity contribution in [2.75, 3.05) is 18.9 Å². The molecule has 2 atom stereocenters. The van der Waals surface area contributed by atoms with Gasteiger partial charge in [0.15, 0.2) is 0 Å². The Balaban J connectivity index is 2.07. The molecule has 2 aliphatic heterocycles. The molecule has 2 rings (SSSR count). The van der Waals surface area contributed by atoms with Gasteiger partial charge in [0.1, 0.15) is 0 Å². The maximum atomic E-state index is 11.6. The van der Waals surface area contributed by atoms with Crippen LogP contribution in [0.4, 0.5) is 0 Å². The zero-order valence-corrected chi connectivity index (χ0v) is 11.4. The molecular weight excluding hydrogens is 254 g/mol. The van der Waals surface area contributed by atoms with Crippen molar-refractivity contribution in [2.24, 2.45) is 4.99 Å². The Bertz CT molecular complexity index is 484. The second kappa shape index (κ2) is 4.99. The Kier molecular flexibility index (Phi) is 3.74. The molecule has 0 bridgehead atoms. The fourth-order valence-electron chi connectivity index (χ4n) is 2.31. The highest BCUT2D eigenvalue weighted by Gasteiger charge is 2.32. The number of aliphatic hydroxyl groups excluding tert-OH is 1. The number of nitrogens with one attached hydrogen (secondary N) is 1. The summed E-state index contributed by atoms with van der Waals surface area (Å²) >= 11 is 0. The molecule has 0 aromatic rings. The predicted octanol–water partition coefficient (Wildman–Crippen LogP) is -0.323. The van der Waals surface area contributed by atoms with Crippen LogP contribution in [0.15, 0.2) is 16.3 Å². The van der Waals surface area contributed by atoms with E-state index < -0.39 is 10.0 Å². The molecule has 2 N–H and O–H groups in total. The van der Waals surface area contributed by atoms with E-state index >= 15 is 0 Å². The Hall–Kier alpha value is -0.920. The molecule has 102 valence electrons. The van der Waals surface area contributed by atoms with Gasteiger partial charge in [0.05, 0.1) is 24.7 Å². The fraction of sp³-hybridized carbons (Fsp3) is 0.727. The first-order valence-electron chi connectivity index (χ1n) is 6.03. The van der Waals surface area contributed by atoms with E-state index in [4.69, 9.17) is 5.11 Å². The molecule has 6 nitrogen and oxygen atoms in total. The van der Waals surface area contributed by atoms with Crippen molar-refractivity contribution in [1.29, 1.82) is 0 Å². The highest BCUT2D eigenvalue weighted by Crippen LogP contribution is 2.28. The minimum absolute atomic E-state index is 0.136. The molecule has 0 aromatic carbocycles. The van der Waals surface area contributed by atoms with E-state index in [2.05, 4.69) is 9.71 Å². The van der Waals surface area contributed by atoms with Crippen molar-refractivity contribution in [3.8, 4) is 0 Å². The standard InChI is InChI=1S/C11H19N3O3S/c1-8-9(2)12-7-14-6-10(5-11(8)14)13-18(16,17)4-3-15/h7,9-10,13,15H,3-6H2,1-2H3/t9-,10-/m0/s1. The molecule has 1 saturated heterocycles. The molecule has 1 fully saturated rings. The van der Waals surface area contributed by atoms with Crippen LogP contribution < -0.4 is 4.72 Å². The lowest BCUT2D eigenvalue weighted by molar-refractivity contribution is 0.319. The molecule has 18 heavy (non-hydrogen) atoms. The second-order valence-electron chi connectivity index (χ2n) is 4.78. The number of aliphatic imine (C=N–C) groups is 1. The van der Waals surface area contributed by atoms with Gasteiger partial charge in [-0.05, 0) is 19.4 Å². The van der Waals surface area contributed by atoms with E-state index in [-0.39, 0.29) is 24.4 Å². The fourth-order valence-corrected chi connectivity index (χ4v) is 3.34. The Labute approximate surface area is 107 Å². The monoisotopic (exact) mass is 273 g/mol. The van der Waals surface area contributed by atoms with E-state index in [1.54, 1.807) is 6.34 Å². The maximum Gasteiger partial charge on any atom is 0.214 e. The van der Waals surface area contributed by atoms with Gasteiger partial charge < -0.3 is 10.0 Å². The zero-order chi connectivity index (χ0) is 13.3. The van der Waals surface area contributed by atoms with Crippen LogP contribution in [0.3, 0.4) is 0 Å². The number of rotatable bonds is 4. The molecule has 0 aromatic heterocycles. The third kappa shape index (κ3) is 2.73. The summed E-state index contributed by atoms with van der Waals surface area (Å²) in [6.07, 6.45) is 2.47. The summed E-state index contributed by atoms with van der Waals surface area (Å²) in [6.45, 7) is 4.31. The highest BCUT2D eigenvalue weighted by atomic mass is 32.2. The van der Waals surface area contributed by atoms with Crippen molar-refractivity contribution in [1.82, 2.24) is 9.62 Å². The van der Waals surface area contributed by atoms with Gasteiger partial charge in [0.2, 0.25) is 10.0 Å². The SMILES string of the molecule is CC1=C2C[C@H](NS(=O)(=O)CCO)CN2C=N[C@H]1C. The van der Waals surface area contributed by atoms with Crippen molar-refractivity contribution < 1.29 is 13.5 Å². The summed E-state index contributed by atoms with van der Waals surface area (Å²) in [4.78, 5) is 6.35. The van der Waals surface area contributed by atoms with Crippen LogP contribution in [0.5, 0.6) is 0 Å². The molecule has 0 radical (unpaired) electrons. The Morgan fingerprint density at radius 2 is 2.33 bits per heavy atom. The van der Waals surface area contributed by atoms with Crippen molar-refractivity contribution in [2.45, 2.75) is 32.4 Å². The zero-order valence-electron chi connectivity index (χ0n) is 10.6. The Morgan fingerprint density at radius 1 is 1.61 bits per heavy atom. The summed E-state index contributed by atoms with van der Waals surface area (Å²) in [5.74, 6) is -0.244. The molecule has 0 amide bonds. The lowest BCUT2D eigenvalue weighted by Crippen LogP contribution is -2.38. The normalized spacial score (nSPS) is 27.8. The number of sulfonamides is 1. The minimum Gasteiger partial charge on any atom is -0.395 e. The highest BCUT2D eigenvalue weighted by molar-refractivity contribution is 7.89. The predicted molar refractivity (Wildman–Crippen MR) is 69.8 cm³/mol. The minimum atomic E-state index is -3.38. The van der Waals surface area contributed by atoms with Crippen LogP contribution in [0, 0.1) is 0 Å². The first kappa shape index (κ1) is 13.5. The molecular formula is C11H19N3O3S. The topological polar surface area (TPSA) is 82.0 Å². The molecule has 7 heteroatoms. The van der Waals surface area contributed by atoms with Crippen LogP contribution in [0.2, 0.25) is 0 Å². The molecule has 0 unspecified atom stereocenters. The number of nitrogens with zero attached hydrogens (tertiary/aromatic N) is 2. The lowest BCUT2D eigenvalue weighted by atomic mass is 10.1. The molecule has 2 aliphatic rings. The van der Waals surface area contributed by atoms with E-state index in [1.165, 1.54) is 5.57 Å². The van der Waals surface area contributed by atoms with Crippen molar-refractivity contribution >= 4 is 16.4 Å². The largest absolute Gasteiger partial charge is 0.395 e. The van der Waals surface area contributed by atoms with Crippen molar-refractivity contribution in [3.05, 3.63) is 11.3 Å². The van der Waals surface area contributed by atoms with E-state index in [1.807, 2.05) is 18.7 Å². The van der Waals surface area contributed by atoms with Gasteiger partial charge in [-0.1, -0.05) is 0 Å². The van der Waals surface area contributed by atoms with Crippen LogP contribution in [0.1, 0.15) is 20.3 Å². The molecule has 0 aliphatic carbocycles. The third-order valence-corrected chi connectivity index (χ3v) is 4.83. The first-order chi connectivity index (χ1) is 8.43. The molecule has 2 heterocycles.